The van der Waals surface area contributed by atoms with Crippen LogP contribution in [0.5, 0.6) is 0 Å². The van der Waals surface area contributed by atoms with Crippen molar-refractivity contribution in [2.75, 3.05) is 5.75 Å². The standard InChI is InChI=1S/C27H22N2S2/c1-2-31(20-11-5-3-6-12-20,21-13-7-4-8-14-21)22-17-18-23-25(19-22)29-24-15-9-10-16-26(24)30-27(29)28-23/h3-19H,2H2,1H3. The first-order valence-corrected chi connectivity index (χ1v) is 13.1. The number of benzene rings is 4. The Bertz CT molecular complexity index is 1480. The predicted octanol–water partition coefficient (Wildman–Crippen LogP) is 8.00. The summed E-state index contributed by atoms with van der Waals surface area (Å²) in [7, 11) is -1.38. The van der Waals surface area contributed by atoms with Gasteiger partial charge in [-0.3, -0.25) is 4.40 Å². The molecule has 4 heteroatoms. The van der Waals surface area contributed by atoms with Gasteiger partial charge in [0.15, 0.2) is 4.96 Å². The second-order valence-corrected chi connectivity index (χ2v) is 12.1. The van der Waals surface area contributed by atoms with Gasteiger partial charge in [-0.2, -0.15) is 10.0 Å². The number of hydrogen-bond acceptors (Lipinski definition) is 2. The number of para-hydroxylation sites is 1. The van der Waals surface area contributed by atoms with Crippen molar-refractivity contribution in [3.05, 3.63) is 103 Å². The van der Waals surface area contributed by atoms with Gasteiger partial charge in [0.1, 0.15) is 0 Å². The summed E-state index contributed by atoms with van der Waals surface area (Å²) in [5, 5.41) is 0. The van der Waals surface area contributed by atoms with E-state index in [1.54, 1.807) is 11.3 Å². The Hall–Kier alpha value is -3.08. The van der Waals surface area contributed by atoms with Gasteiger partial charge in [-0.1, -0.05) is 66.8 Å². The van der Waals surface area contributed by atoms with Crippen LogP contribution >= 0.6 is 21.4 Å². The molecule has 2 aromatic heterocycles. The topological polar surface area (TPSA) is 17.3 Å². The van der Waals surface area contributed by atoms with Crippen molar-refractivity contribution in [2.24, 2.45) is 0 Å². The zero-order valence-electron chi connectivity index (χ0n) is 17.2. The van der Waals surface area contributed by atoms with Gasteiger partial charge in [0.25, 0.3) is 0 Å². The van der Waals surface area contributed by atoms with Crippen LogP contribution in [0.2, 0.25) is 0 Å². The fraction of sp³-hybridized carbons (Fsp3) is 0.0741. The van der Waals surface area contributed by atoms with Gasteiger partial charge in [-0.25, -0.2) is 4.98 Å². The van der Waals surface area contributed by atoms with Crippen molar-refractivity contribution in [1.82, 2.24) is 9.38 Å². The van der Waals surface area contributed by atoms with Gasteiger partial charge < -0.3 is 0 Å². The minimum atomic E-state index is -1.38. The summed E-state index contributed by atoms with van der Waals surface area (Å²) in [5.41, 5.74) is 3.49. The van der Waals surface area contributed by atoms with Crippen LogP contribution in [0.25, 0.3) is 26.2 Å². The Labute approximate surface area is 187 Å². The molecule has 0 saturated heterocycles. The highest BCUT2D eigenvalue weighted by Crippen LogP contribution is 2.68. The van der Waals surface area contributed by atoms with E-state index in [0.717, 1.165) is 16.2 Å². The molecule has 6 aromatic rings. The van der Waals surface area contributed by atoms with Crippen LogP contribution in [0, 0.1) is 0 Å². The lowest BCUT2D eigenvalue weighted by atomic mass is 10.3. The molecule has 0 N–H and O–H groups in total. The molecule has 2 nitrogen and oxygen atoms in total. The number of rotatable bonds is 4. The van der Waals surface area contributed by atoms with E-state index < -0.39 is 10.0 Å². The first-order valence-electron chi connectivity index (χ1n) is 10.5. The van der Waals surface area contributed by atoms with E-state index in [4.69, 9.17) is 4.98 Å². The van der Waals surface area contributed by atoms with Gasteiger partial charge in [-0.05, 0) is 70.1 Å². The average Bonchev–Trinajstić information content (AvgIpc) is 3.37. The molecule has 152 valence electrons. The van der Waals surface area contributed by atoms with Gasteiger partial charge in [0.2, 0.25) is 0 Å². The third-order valence-corrected chi connectivity index (χ3v) is 11.1. The van der Waals surface area contributed by atoms with Crippen LogP contribution in [0.3, 0.4) is 0 Å². The van der Waals surface area contributed by atoms with Crippen molar-refractivity contribution >= 4 is 47.6 Å². The number of thiazole rings is 1. The van der Waals surface area contributed by atoms with E-state index >= 15 is 0 Å². The van der Waals surface area contributed by atoms with Crippen molar-refractivity contribution in [2.45, 2.75) is 21.6 Å². The highest BCUT2D eigenvalue weighted by atomic mass is 32.3. The highest BCUT2D eigenvalue weighted by Gasteiger charge is 2.29. The first-order chi connectivity index (χ1) is 15.3. The lowest BCUT2D eigenvalue weighted by molar-refractivity contribution is 1.25. The zero-order valence-corrected chi connectivity index (χ0v) is 18.9. The minimum absolute atomic E-state index is 1.05. The molecular weight excluding hydrogens is 416 g/mol. The molecule has 0 fully saturated rings. The van der Waals surface area contributed by atoms with Crippen molar-refractivity contribution in [1.29, 1.82) is 0 Å². The molecule has 0 unspecified atom stereocenters. The molecule has 0 saturated carbocycles. The quantitative estimate of drug-likeness (QED) is 0.272. The lowest BCUT2D eigenvalue weighted by Gasteiger charge is -2.40. The molecular formula is C27H22N2S2. The fourth-order valence-corrected chi connectivity index (χ4v) is 9.30. The van der Waals surface area contributed by atoms with Gasteiger partial charge >= 0.3 is 0 Å². The number of aromatic nitrogens is 2. The van der Waals surface area contributed by atoms with Crippen LogP contribution in [0.1, 0.15) is 6.92 Å². The lowest BCUT2D eigenvalue weighted by Crippen LogP contribution is -2.06. The largest absolute Gasteiger partial charge is 0.283 e. The fourth-order valence-electron chi connectivity index (χ4n) is 4.59. The summed E-state index contributed by atoms with van der Waals surface area (Å²) >= 11 is 1.76. The first kappa shape index (κ1) is 18.7. The summed E-state index contributed by atoms with van der Waals surface area (Å²) in [5.74, 6) is 1.05. The molecule has 0 radical (unpaired) electrons. The summed E-state index contributed by atoms with van der Waals surface area (Å²) in [4.78, 5) is 10.2. The van der Waals surface area contributed by atoms with E-state index in [1.165, 1.54) is 30.4 Å². The molecule has 6 rings (SSSR count). The third-order valence-electron chi connectivity index (χ3n) is 6.03. The smallest absolute Gasteiger partial charge is 0.195 e. The Morgan fingerprint density at radius 2 is 1.35 bits per heavy atom. The summed E-state index contributed by atoms with van der Waals surface area (Å²) in [6.45, 7) is 2.32. The second kappa shape index (κ2) is 7.26. The minimum Gasteiger partial charge on any atom is -0.283 e. The Morgan fingerprint density at radius 1 is 0.710 bits per heavy atom. The average molecular weight is 439 g/mol. The summed E-state index contributed by atoms with van der Waals surface area (Å²) < 4.78 is 3.60. The molecule has 0 aliphatic rings. The molecule has 0 aliphatic heterocycles. The monoisotopic (exact) mass is 438 g/mol. The normalized spacial score (nSPS) is 12.7. The maximum atomic E-state index is 4.94. The Kier molecular flexibility index (Phi) is 4.37. The van der Waals surface area contributed by atoms with E-state index in [2.05, 4.69) is 114 Å². The zero-order chi connectivity index (χ0) is 20.8. The number of fused-ring (bicyclic) bond motifs is 5. The molecule has 2 heterocycles. The highest BCUT2D eigenvalue weighted by molar-refractivity contribution is 8.33. The number of hydrogen-bond donors (Lipinski definition) is 0. The van der Waals surface area contributed by atoms with Crippen LogP contribution in [0.4, 0.5) is 0 Å². The molecule has 0 bridgehead atoms. The Morgan fingerprint density at radius 3 is 2.03 bits per heavy atom. The summed E-state index contributed by atoms with van der Waals surface area (Å²) in [6, 6.07) is 37.5. The van der Waals surface area contributed by atoms with Gasteiger partial charge in [-0.15, -0.1) is 0 Å². The van der Waals surface area contributed by atoms with E-state index in [-0.39, 0.29) is 0 Å². The molecule has 0 spiro atoms. The van der Waals surface area contributed by atoms with Crippen LogP contribution in [-0.4, -0.2) is 15.1 Å². The third kappa shape index (κ3) is 2.75. The summed E-state index contributed by atoms with van der Waals surface area (Å²) in [6.07, 6.45) is 0. The van der Waals surface area contributed by atoms with Crippen molar-refractivity contribution in [3.63, 3.8) is 0 Å². The SMILES string of the molecule is CCS(c1ccccc1)(c1ccccc1)c1ccc2nc3sc4ccccc4n3c2c1. The molecule has 0 amide bonds. The van der Waals surface area contributed by atoms with E-state index in [0.29, 0.717) is 0 Å². The van der Waals surface area contributed by atoms with Crippen LogP contribution in [0.15, 0.2) is 118 Å². The van der Waals surface area contributed by atoms with Crippen molar-refractivity contribution in [3.8, 4) is 0 Å². The van der Waals surface area contributed by atoms with Crippen molar-refractivity contribution < 1.29 is 0 Å². The van der Waals surface area contributed by atoms with Gasteiger partial charge in [0, 0.05) is 4.90 Å². The second-order valence-electron chi connectivity index (χ2n) is 7.60. The van der Waals surface area contributed by atoms with Crippen LogP contribution in [-0.2, 0) is 0 Å². The molecule has 4 aromatic carbocycles. The van der Waals surface area contributed by atoms with Crippen LogP contribution < -0.4 is 0 Å². The molecule has 31 heavy (non-hydrogen) atoms. The predicted molar refractivity (Wildman–Crippen MR) is 134 cm³/mol. The number of imidazole rings is 1. The molecule has 0 aliphatic carbocycles. The maximum Gasteiger partial charge on any atom is 0.195 e. The van der Waals surface area contributed by atoms with Gasteiger partial charge in [0.05, 0.1) is 21.3 Å². The van der Waals surface area contributed by atoms with E-state index in [9.17, 15) is 0 Å². The molecule has 0 atom stereocenters. The maximum absolute atomic E-state index is 4.94. The van der Waals surface area contributed by atoms with E-state index in [1.807, 2.05) is 0 Å². The Balaban J connectivity index is 1.69. The number of nitrogens with zero attached hydrogens (tertiary/aromatic N) is 2.